The number of carboxylic acid groups (broad SMARTS) is 1. The van der Waals surface area contributed by atoms with Crippen molar-refractivity contribution in [2.24, 2.45) is 0 Å². The number of hydrogen-bond acceptors (Lipinski definition) is 2. The number of aliphatic carboxylic acids is 1. The Bertz CT molecular complexity index is 437. The van der Waals surface area contributed by atoms with E-state index >= 15 is 0 Å². The monoisotopic (exact) mass is 234 g/mol. The third-order valence-corrected chi connectivity index (χ3v) is 3.51. The van der Waals surface area contributed by atoms with Gasteiger partial charge in [0.05, 0.1) is 12.5 Å². The third-order valence-electron chi connectivity index (χ3n) is 3.51. The van der Waals surface area contributed by atoms with E-state index < -0.39 is 12.1 Å². The minimum Gasteiger partial charge on any atom is -0.481 e. The van der Waals surface area contributed by atoms with Crippen LogP contribution in [0.15, 0.2) is 18.2 Å². The number of carboxylic acids is 1. The van der Waals surface area contributed by atoms with E-state index in [1.54, 1.807) is 0 Å². The van der Waals surface area contributed by atoms with E-state index in [0.717, 1.165) is 11.1 Å². The molecule has 0 fully saturated rings. The Labute approximate surface area is 101 Å². The summed E-state index contributed by atoms with van der Waals surface area (Å²) in [6.07, 6.45) is 0.127. The fraction of sp³-hybridized carbons (Fsp3) is 0.500. The second-order valence-electron chi connectivity index (χ2n) is 5.09. The molecule has 2 unspecified atom stereocenters. The highest BCUT2D eigenvalue weighted by Crippen LogP contribution is 2.42. The van der Waals surface area contributed by atoms with Crippen molar-refractivity contribution in [3.05, 3.63) is 34.9 Å². The molecule has 0 amide bonds. The molecule has 1 aromatic carbocycles. The van der Waals surface area contributed by atoms with E-state index in [9.17, 15) is 9.90 Å². The summed E-state index contributed by atoms with van der Waals surface area (Å²) in [7, 11) is 0. The van der Waals surface area contributed by atoms with Crippen LogP contribution in [-0.2, 0) is 4.79 Å². The molecule has 2 rings (SSSR count). The van der Waals surface area contributed by atoms with E-state index in [0.29, 0.717) is 12.3 Å². The van der Waals surface area contributed by atoms with Crippen molar-refractivity contribution in [3.8, 4) is 0 Å². The van der Waals surface area contributed by atoms with Gasteiger partial charge in [-0.2, -0.15) is 0 Å². The van der Waals surface area contributed by atoms with Gasteiger partial charge >= 0.3 is 5.97 Å². The van der Waals surface area contributed by atoms with Gasteiger partial charge in [0.2, 0.25) is 0 Å². The minimum atomic E-state index is -0.803. The second kappa shape index (κ2) is 4.49. The Morgan fingerprint density at radius 2 is 2.12 bits per heavy atom. The van der Waals surface area contributed by atoms with Gasteiger partial charge in [-0.3, -0.25) is 4.79 Å². The first-order chi connectivity index (χ1) is 7.99. The molecular formula is C14H18O3. The van der Waals surface area contributed by atoms with Gasteiger partial charge in [-0.15, -0.1) is 0 Å². The number of hydrogen-bond donors (Lipinski definition) is 2. The van der Waals surface area contributed by atoms with Crippen LogP contribution >= 0.6 is 0 Å². The van der Waals surface area contributed by atoms with Gasteiger partial charge in [-0.05, 0) is 34.9 Å². The largest absolute Gasteiger partial charge is 0.481 e. The molecule has 0 saturated carbocycles. The summed E-state index contributed by atoms with van der Waals surface area (Å²) in [5, 5.41) is 18.8. The van der Waals surface area contributed by atoms with Crippen molar-refractivity contribution in [3.63, 3.8) is 0 Å². The van der Waals surface area contributed by atoms with Crippen molar-refractivity contribution >= 4 is 5.97 Å². The van der Waals surface area contributed by atoms with Gasteiger partial charge in [0, 0.05) is 0 Å². The van der Waals surface area contributed by atoms with Gasteiger partial charge in [0.1, 0.15) is 0 Å². The highest BCUT2D eigenvalue weighted by atomic mass is 16.4. The Morgan fingerprint density at radius 3 is 2.71 bits per heavy atom. The fourth-order valence-electron chi connectivity index (χ4n) is 2.54. The topological polar surface area (TPSA) is 57.5 Å². The molecule has 0 saturated heterocycles. The first-order valence-corrected chi connectivity index (χ1v) is 6.02. The van der Waals surface area contributed by atoms with Crippen LogP contribution in [0, 0.1) is 0 Å². The maximum absolute atomic E-state index is 10.8. The zero-order valence-corrected chi connectivity index (χ0v) is 10.2. The average molecular weight is 234 g/mol. The van der Waals surface area contributed by atoms with E-state index in [1.807, 2.05) is 18.2 Å². The lowest BCUT2D eigenvalue weighted by molar-refractivity contribution is -0.137. The summed E-state index contributed by atoms with van der Waals surface area (Å²) in [4.78, 5) is 10.8. The number of carbonyl (C=O) groups is 1. The SMILES string of the molecule is CC(C)c1ccc2c(c1)C(O)CC2CC(=O)O. The molecule has 2 atom stereocenters. The number of rotatable bonds is 3. The predicted molar refractivity (Wildman–Crippen MR) is 65.1 cm³/mol. The lowest BCUT2D eigenvalue weighted by atomic mass is 9.94. The van der Waals surface area contributed by atoms with Crippen molar-refractivity contribution in [2.45, 2.75) is 44.6 Å². The van der Waals surface area contributed by atoms with Gasteiger partial charge < -0.3 is 10.2 Å². The quantitative estimate of drug-likeness (QED) is 0.845. The van der Waals surface area contributed by atoms with E-state index in [4.69, 9.17) is 5.11 Å². The molecule has 1 aliphatic rings. The minimum absolute atomic E-state index is 0.0429. The molecule has 3 heteroatoms. The van der Waals surface area contributed by atoms with Crippen LogP contribution in [0.25, 0.3) is 0 Å². The molecule has 0 radical (unpaired) electrons. The molecule has 0 spiro atoms. The Morgan fingerprint density at radius 1 is 1.41 bits per heavy atom. The number of fused-ring (bicyclic) bond motifs is 1. The smallest absolute Gasteiger partial charge is 0.303 e. The Kier molecular flexibility index (Phi) is 3.20. The second-order valence-corrected chi connectivity index (χ2v) is 5.09. The van der Waals surface area contributed by atoms with E-state index in [-0.39, 0.29) is 12.3 Å². The van der Waals surface area contributed by atoms with Crippen LogP contribution in [0.4, 0.5) is 0 Å². The Balaban J connectivity index is 2.33. The first kappa shape index (κ1) is 12.1. The molecule has 92 valence electrons. The molecule has 3 nitrogen and oxygen atoms in total. The molecule has 0 heterocycles. The van der Waals surface area contributed by atoms with E-state index in [1.165, 1.54) is 5.56 Å². The maximum atomic E-state index is 10.8. The molecule has 17 heavy (non-hydrogen) atoms. The molecule has 0 aromatic heterocycles. The maximum Gasteiger partial charge on any atom is 0.303 e. The highest BCUT2D eigenvalue weighted by molar-refractivity contribution is 5.68. The third kappa shape index (κ3) is 2.34. The lowest BCUT2D eigenvalue weighted by Crippen LogP contribution is -2.03. The van der Waals surface area contributed by atoms with Gasteiger partial charge in [0.25, 0.3) is 0 Å². The average Bonchev–Trinajstić information content (AvgIpc) is 2.54. The van der Waals surface area contributed by atoms with Crippen molar-refractivity contribution in [2.75, 3.05) is 0 Å². The molecule has 1 aromatic rings. The van der Waals surface area contributed by atoms with Crippen LogP contribution in [0.1, 0.15) is 61.3 Å². The molecular weight excluding hydrogens is 216 g/mol. The predicted octanol–water partition coefficient (Wildman–Crippen LogP) is 2.81. The van der Waals surface area contributed by atoms with Crippen LogP contribution < -0.4 is 0 Å². The summed E-state index contributed by atoms with van der Waals surface area (Å²) >= 11 is 0. The molecule has 0 aliphatic heterocycles. The summed E-state index contributed by atoms with van der Waals surface area (Å²) in [6.45, 7) is 4.22. The summed E-state index contributed by atoms with van der Waals surface area (Å²) in [5.41, 5.74) is 3.12. The molecule has 2 N–H and O–H groups in total. The Hall–Kier alpha value is -1.35. The fourth-order valence-corrected chi connectivity index (χ4v) is 2.54. The van der Waals surface area contributed by atoms with Gasteiger partial charge in [-0.25, -0.2) is 0 Å². The molecule has 1 aliphatic carbocycles. The summed E-state index contributed by atoms with van der Waals surface area (Å²) < 4.78 is 0. The lowest BCUT2D eigenvalue weighted by Gasteiger charge is -2.11. The summed E-state index contributed by atoms with van der Waals surface area (Å²) in [6, 6.07) is 6.04. The number of benzene rings is 1. The van der Waals surface area contributed by atoms with Crippen LogP contribution in [-0.4, -0.2) is 16.2 Å². The van der Waals surface area contributed by atoms with Crippen LogP contribution in [0.2, 0.25) is 0 Å². The number of aliphatic hydroxyl groups excluding tert-OH is 1. The van der Waals surface area contributed by atoms with Crippen molar-refractivity contribution in [1.29, 1.82) is 0 Å². The van der Waals surface area contributed by atoms with Crippen LogP contribution in [0.5, 0.6) is 0 Å². The van der Waals surface area contributed by atoms with Crippen molar-refractivity contribution in [1.82, 2.24) is 0 Å². The van der Waals surface area contributed by atoms with Gasteiger partial charge in [-0.1, -0.05) is 32.0 Å². The van der Waals surface area contributed by atoms with Gasteiger partial charge in [0.15, 0.2) is 0 Å². The van der Waals surface area contributed by atoms with Crippen molar-refractivity contribution < 1.29 is 15.0 Å². The standard InChI is InChI=1S/C14H18O3/c1-8(2)9-3-4-11-10(7-14(16)17)6-13(15)12(11)5-9/h3-5,8,10,13,15H,6-7H2,1-2H3,(H,16,17). The van der Waals surface area contributed by atoms with Crippen LogP contribution in [0.3, 0.4) is 0 Å². The number of aliphatic hydroxyl groups is 1. The highest BCUT2D eigenvalue weighted by Gasteiger charge is 2.31. The summed E-state index contributed by atoms with van der Waals surface area (Å²) in [5.74, 6) is -0.423. The molecule has 0 bridgehead atoms. The zero-order valence-electron chi connectivity index (χ0n) is 10.2. The normalized spacial score (nSPS) is 22.8. The van der Waals surface area contributed by atoms with E-state index in [2.05, 4.69) is 13.8 Å². The zero-order chi connectivity index (χ0) is 12.6. The first-order valence-electron chi connectivity index (χ1n) is 6.02.